The highest BCUT2D eigenvalue weighted by Crippen LogP contribution is 2.23. The normalized spacial score (nSPS) is 13.4. The first kappa shape index (κ1) is 14.9. The number of hydrogen-bond donors (Lipinski definition) is 1. The number of aryl methyl sites for hydroxylation is 1. The average Bonchev–Trinajstić information content (AvgIpc) is 2.40. The summed E-state index contributed by atoms with van der Waals surface area (Å²) >= 11 is 0. The van der Waals surface area contributed by atoms with Gasteiger partial charge in [0, 0.05) is 18.6 Å². The fourth-order valence-corrected chi connectivity index (χ4v) is 1.51. The van der Waals surface area contributed by atoms with E-state index in [4.69, 9.17) is 10.00 Å². The largest absolute Gasteiger partial charge is 0.493 e. The lowest BCUT2D eigenvalue weighted by atomic mass is 10.0. The summed E-state index contributed by atoms with van der Waals surface area (Å²) in [7, 11) is 1.72. The molecular weight excluding hydrogens is 246 g/mol. The molecule has 1 N–H and O–H groups in total. The van der Waals surface area contributed by atoms with Gasteiger partial charge in [0.15, 0.2) is 0 Å². The molecule has 0 aliphatic heterocycles. The van der Waals surface area contributed by atoms with Crippen LogP contribution in [0.3, 0.4) is 0 Å². The number of ether oxygens (including phenoxy) is 1. The summed E-state index contributed by atoms with van der Waals surface area (Å²) in [6.45, 7) is 3.91. The number of rotatable bonds is 6. The minimum atomic E-state index is -0.630. The second kappa shape index (κ2) is 6.16. The number of hydrogen-bond acceptors (Lipinski definition) is 5. The highest BCUT2D eigenvalue weighted by molar-refractivity contribution is 5.42. The summed E-state index contributed by atoms with van der Waals surface area (Å²) in [5, 5.41) is 22.5. The van der Waals surface area contributed by atoms with Crippen molar-refractivity contribution in [2.24, 2.45) is 0 Å². The zero-order valence-corrected chi connectivity index (χ0v) is 11.3. The molecule has 6 heteroatoms. The van der Waals surface area contributed by atoms with E-state index >= 15 is 0 Å². The van der Waals surface area contributed by atoms with Crippen molar-refractivity contribution in [2.75, 3.05) is 13.7 Å². The van der Waals surface area contributed by atoms with Gasteiger partial charge < -0.3 is 10.1 Å². The second-order valence-corrected chi connectivity index (χ2v) is 4.50. The summed E-state index contributed by atoms with van der Waals surface area (Å²) in [6, 6.07) is 6.63. The number of nitriles is 1. The van der Waals surface area contributed by atoms with Crippen LogP contribution in [0.25, 0.3) is 0 Å². The van der Waals surface area contributed by atoms with Gasteiger partial charge in [-0.25, -0.2) is 0 Å². The van der Waals surface area contributed by atoms with Crippen LogP contribution in [0, 0.1) is 28.4 Å². The highest BCUT2D eigenvalue weighted by Gasteiger charge is 2.21. The van der Waals surface area contributed by atoms with Crippen molar-refractivity contribution in [3.8, 4) is 11.8 Å². The molecule has 102 valence electrons. The van der Waals surface area contributed by atoms with Gasteiger partial charge in [-0.05, 0) is 32.5 Å². The van der Waals surface area contributed by atoms with E-state index in [1.807, 2.05) is 0 Å². The Kier molecular flexibility index (Phi) is 4.84. The molecule has 1 unspecified atom stereocenters. The van der Waals surface area contributed by atoms with E-state index in [9.17, 15) is 10.1 Å². The number of nitro benzene ring substituents is 1. The van der Waals surface area contributed by atoms with Crippen LogP contribution in [0.5, 0.6) is 5.75 Å². The van der Waals surface area contributed by atoms with E-state index in [1.165, 1.54) is 12.1 Å². The predicted molar refractivity (Wildman–Crippen MR) is 71.0 cm³/mol. The van der Waals surface area contributed by atoms with Crippen LogP contribution in [0.4, 0.5) is 5.69 Å². The molecule has 0 aromatic heterocycles. The Morgan fingerprint density at radius 1 is 1.58 bits per heavy atom. The first-order chi connectivity index (χ1) is 8.91. The maximum Gasteiger partial charge on any atom is 0.269 e. The van der Waals surface area contributed by atoms with E-state index in [-0.39, 0.29) is 5.69 Å². The maximum atomic E-state index is 10.6. The Balaban J connectivity index is 2.65. The number of nitrogens with zero attached hydrogens (tertiary/aromatic N) is 2. The molecule has 0 amide bonds. The third-order valence-corrected chi connectivity index (χ3v) is 3.03. The van der Waals surface area contributed by atoms with Crippen LogP contribution < -0.4 is 10.1 Å². The molecule has 0 radical (unpaired) electrons. The minimum absolute atomic E-state index is 0.0435. The van der Waals surface area contributed by atoms with Crippen molar-refractivity contribution in [2.45, 2.75) is 25.8 Å². The molecule has 0 bridgehead atoms. The second-order valence-electron chi connectivity index (χ2n) is 4.50. The summed E-state index contributed by atoms with van der Waals surface area (Å²) in [6.07, 6.45) is 0.524. The first-order valence-electron chi connectivity index (χ1n) is 5.90. The monoisotopic (exact) mass is 263 g/mol. The first-order valence-corrected chi connectivity index (χ1v) is 5.90. The molecule has 0 heterocycles. The van der Waals surface area contributed by atoms with Crippen LogP contribution in [0.2, 0.25) is 0 Å². The van der Waals surface area contributed by atoms with Gasteiger partial charge >= 0.3 is 0 Å². The van der Waals surface area contributed by atoms with Crippen molar-refractivity contribution in [1.82, 2.24) is 5.32 Å². The molecule has 0 aliphatic carbocycles. The summed E-state index contributed by atoms with van der Waals surface area (Å²) < 4.78 is 5.56. The van der Waals surface area contributed by atoms with Crippen LogP contribution >= 0.6 is 0 Å². The van der Waals surface area contributed by atoms with E-state index in [1.54, 1.807) is 27.0 Å². The van der Waals surface area contributed by atoms with Crippen molar-refractivity contribution in [3.05, 3.63) is 33.9 Å². The van der Waals surface area contributed by atoms with Gasteiger partial charge in [0.2, 0.25) is 0 Å². The van der Waals surface area contributed by atoms with Crippen LogP contribution in [0.15, 0.2) is 18.2 Å². The number of nitrogens with one attached hydrogen (secondary N) is 1. The lowest BCUT2D eigenvalue weighted by Gasteiger charge is -2.20. The molecule has 0 spiro atoms. The van der Waals surface area contributed by atoms with Crippen LogP contribution in [0.1, 0.15) is 18.9 Å². The molecular formula is C13H17N3O3. The molecule has 1 aromatic rings. The summed E-state index contributed by atoms with van der Waals surface area (Å²) in [5.41, 5.74) is 0.119. The Hall–Kier alpha value is -2.13. The average molecular weight is 263 g/mol. The molecule has 6 nitrogen and oxygen atoms in total. The molecule has 0 saturated carbocycles. The van der Waals surface area contributed by atoms with Crippen molar-refractivity contribution in [3.63, 3.8) is 0 Å². The zero-order valence-electron chi connectivity index (χ0n) is 11.3. The smallest absolute Gasteiger partial charge is 0.269 e. The Morgan fingerprint density at radius 2 is 2.26 bits per heavy atom. The van der Waals surface area contributed by atoms with Gasteiger partial charge in [-0.1, -0.05) is 0 Å². The minimum Gasteiger partial charge on any atom is -0.493 e. The topological polar surface area (TPSA) is 88.2 Å². The lowest BCUT2D eigenvalue weighted by molar-refractivity contribution is -0.384. The molecule has 0 saturated heterocycles. The van der Waals surface area contributed by atoms with Gasteiger partial charge in [0.25, 0.3) is 5.69 Å². The van der Waals surface area contributed by atoms with E-state index in [0.717, 1.165) is 0 Å². The third kappa shape index (κ3) is 3.93. The van der Waals surface area contributed by atoms with E-state index in [0.29, 0.717) is 24.3 Å². The van der Waals surface area contributed by atoms with Crippen molar-refractivity contribution in [1.29, 1.82) is 5.26 Å². The third-order valence-electron chi connectivity index (χ3n) is 3.03. The van der Waals surface area contributed by atoms with Gasteiger partial charge in [-0.3, -0.25) is 10.1 Å². The fourth-order valence-electron chi connectivity index (χ4n) is 1.51. The summed E-state index contributed by atoms with van der Waals surface area (Å²) in [5.74, 6) is 0.599. The maximum absolute atomic E-state index is 10.6. The van der Waals surface area contributed by atoms with Gasteiger partial charge in [-0.2, -0.15) is 5.26 Å². The van der Waals surface area contributed by atoms with Crippen LogP contribution in [-0.4, -0.2) is 24.1 Å². The molecule has 19 heavy (non-hydrogen) atoms. The standard InChI is InChI=1S/C13H17N3O3/c1-10-8-11(16(17)18)4-5-12(10)19-7-6-13(2,9-14)15-3/h4-5,8,15H,6-7H2,1-3H3. The lowest BCUT2D eigenvalue weighted by Crippen LogP contribution is -2.39. The van der Waals surface area contributed by atoms with Gasteiger partial charge in [0.05, 0.1) is 17.6 Å². The SMILES string of the molecule is CNC(C)(C#N)CCOc1ccc([N+](=O)[O-])cc1C. The Morgan fingerprint density at radius 3 is 2.74 bits per heavy atom. The van der Waals surface area contributed by atoms with Crippen LogP contribution in [-0.2, 0) is 0 Å². The number of non-ortho nitro benzene ring substituents is 1. The van der Waals surface area contributed by atoms with Gasteiger partial charge in [0.1, 0.15) is 11.3 Å². The predicted octanol–water partition coefficient (Wildman–Crippen LogP) is 2.17. The van der Waals surface area contributed by atoms with Crippen molar-refractivity contribution >= 4 is 5.69 Å². The molecule has 1 rings (SSSR count). The quantitative estimate of drug-likeness (QED) is 0.627. The molecule has 0 fully saturated rings. The Bertz CT molecular complexity index is 510. The fraction of sp³-hybridized carbons (Fsp3) is 0.462. The molecule has 0 aliphatic rings. The van der Waals surface area contributed by atoms with Crippen molar-refractivity contribution < 1.29 is 9.66 Å². The Labute approximate surface area is 112 Å². The number of benzene rings is 1. The molecule has 1 aromatic carbocycles. The number of nitro groups is 1. The molecule has 1 atom stereocenters. The van der Waals surface area contributed by atoms with Gasteiger partial charge in [-0.15, -0.1) is 0 Å². The zero-order chi connectivity index (χ0) is 14.5. The summed E-state index contributed by atoms with van der Waals surface area (Å²) in [4.78, 5) is 10.2. The van der Waals surface area contributed by atoms with E-state index < -0.39 is 10.5 Å². The highest BCUT2D eigenvalue weighted by atomic mass is 16.6. The van der Waals surface area contributed by atoms with E-state index in [2.05, 4.69) is 11.4 Å².